The fraction of sp³-hybridized carbons (Fsp3) is 0.442. The van der Waals surface area contributed by atoms with Gasteiger partial charge in [-0.1, -0.05) is 102 Å². The van der Waals surface area contributed by atoms with Crippen LogP contribution in [0.3, 0.4) is 0 Å². The minimum Gasteiger partial charge on any atom is -0.494 e. The van der Waals surface area contributed by atoms with Gasteiger partial charge in [-0.25, -0.2) is 9.97 Å². The van der Waals surface area contributed by atoms with Crippen molar-refractivity contribution in [1.82, 2.24) is 20.2 Å². The van der Waals surface area contributed by atoms with Gasteiger partial charge in [0.15, 0.2) is 12.1 Å². The Morgan fingerprint density at radius 3 is 2.04 bits per heavy atom. The zero-order valence-corrected chi connectivity index (χ0v) is 31.1. The summed E-state index contributed by atoms with van der Waals surface area (Å²) in [7, 11) is 0. The molecular formula is C43H54N4O5. The highest BCUT2D eigenvalue weighted by Crippen LogP contribution is 2.26. The van der Waals surface area contributed by atoms with Crippen molar-refractivity contribution in [3.63, 3.8) is 0 Å². The number of aliphatic hydroxyl groups excluding tert-OH is 1. The molecule has 3 N–H and O–H groups in total. The Bertz CT molecular complexity index is 1710. The van der Waals surface area contributed by atoms with Gasteiger partial charge in [0, 0.05) is 54.5 Å². The minimum absolute atomic E-state index is 0.0459. The lowest BCUT2D eigenvalue weighted by molar-refractivity contribution is -0.139. The van der Waals surface area contributed by atoms with E-state index in [1.165, 1.54) is 25.7 Å². The molecule has 0 spiro atoms. The number of carbonyl (C=O) groups is 2. The van der Waals surface area contributed by atoms with Gasteiger partial charge in [-0.2, -0.15) is 0 Å². The predicted octanol–water partition coefficient (Wildman–Crippen LogP) is 7.35. The molecule has 1 fully saturated rings. The van der Waals surface area contributed by atoms with Crippen LogP contribution in [-0.4, -0.2) is 68.9 Å². The average molecular weight is 707 g/mol. The maximum atomic E-state index is 13.8. The maximum absolute atomic E-state index is 13.8. The van der Waals surface area contributed by atoms with Gasteiger partial charge in [-0.15, -0.1) is 0 Å². The number of hydrogen-bond acceptors (Lipinski definition) is 7. The number of aromatic nitrogens is 2. The van der Waals surface area contributed by atoms with Crippen molar-refractivity contribution in [3.8, 4) is 28.3 Å². The largest absolute Gasteiger partial charge is 0.494 e. The molecule has 1 aromatic heterocycles. The molecule has 0 unspecified atom stereocenters. The molecule has 0 aliphatic carbocycles. The Kier molecular flexibility index (Phi) is 13.6. The number of benzene rings is 3. The molecule has 5 rings (SSSR count). The smallest absolute Gasteiger partial charge is 0.251 e. The molecule has 3 aromatic carbocycles. The number of aliphatic hydroxyl groups is 2. The summed E-state index contributed by atoms with van der Waals surface area (Å²) >= 11 is 0. The van der Waals surface area contributed by atoms with E-state index >= 15 is 0 Å². The van der Waals surface area contributed by atoms with Crippen molar-refractivity contribution < 1.29 is 24.5 Å². The van der Waals surface area contributed by atoms with Gasteiger partial charge in [0.25, 0.3) is 5.91 Å². The number of carbonyl (C=O) groups excluding carboxylic acids is 2. The third kappa shape index (κ3) is 10.7. The summed E-state index contributed by atoms with van der Waals surface area (Å²) in [6, 6.07) is 22.5. The second-order valence-electron chi connectivity index (χ2n) is 14.9. The van der Waals surface area contributed by atoms with E-state index in [4.69, 9.17) is 4.74 Å². The summed E-state index contributed by atoms with van der Waals surface area (Å²) in [5.41, 5.74) is 5.20. The molecule has 0 bridgehead atoms. The molecule has 9 nitrogen and oxygen atoms in total. The van der Waals surface area contributed by atoms with Gasteiger partial charge in [0.05, 0.1) is 6.61 Å². The Labute approximate surface area is 308 Å². The number of nitrogens with one attached hydrogen (secondary N) is 1. The molecule has 9 heteroatoms. The van der Waals surface area contributed by atoms with E-state index in [1.54, 1.807) is 17.0 Å². The first kappa shape index (κ1) is 38.6. The van der Waals surface area contributed by atoms with Crippen LogP contribution in [0.5, 0.6) is 5.75 Å². The van der Waals surface area contributed by atoms with Crippen molar-refractivity contribution in [2.75, 3.05) is 19.7 Å². The fourth-order valence-corrected chi connectivity index (χ4v) is 6.49. The van der Waals surface area contributed by atoms with E-state index < -0.39 is 12.3 Å². The molecule has 276 valence electrons. The predicted molar refractivity (Wildman–Crippen MR) is 205 cm³/mol. The number of nitrogens with zero attached hydrogens (tertiary/aromatic N) is 3. The summed E-state index contributed by atoms with van der Waals surface area (Å²) in [5, 5.41) is 22.3. The van der Waals surface area contributed by atoms with E-state index in [2.05, 4.69) is 43.0 Å². The van der Waals surface area contributed by atoms with Gasteiger partial charge < -0.3 is 25.2 Å². The molecule has 52 heavy (non-hydrogen) atoms. The van der Waals surface area contributed by atoms with Crippen LogP contribution in [0.1, 0.15) is 94.1 Å². The fourth-order valence-electron chi connectivity index (χ4n) is 6.49. The third-order valence-electron chi connectivity index (χ3n) is 9.90. The maximum Gasteiger partial charge on any atom is 0.251 e. The van der Waals surface area contributed by atoms with Gasteiger partial charge in [0.1, 0.15) is 11.8 Å². The highest BCUT2D eigenvalue weighted by molar-refractivity contribution is 5.97. The van der Waals surface area contributed by atoms with Gasteiger partial charge in [-0.05, 0) is 65.6 Å². The lowest BCUT2D eigenvalue weighted by atomic mass is 9.86. The Morgan fingerprint density at radius 2 is 1.44 bits per heavy atom. The van der Waals surface area contributed by atoms with Gasteiger partial charge >= 0.3 is 0 Å². The normalized spacial score (nSPS) is 14.3. The van der Waals surface area contributed by atoms with Gasteiger partial charge in [-0.3, -0.25) is 9.59 Å². The molecule has 1 atom stereocenters. The first-order chi connectivity index (χ1) is 25.0. The topological polar surface area (TPSA) is 125 Å². The summed E-state index contributed by atoms with van der Waals surface area (Å²) in [4.78, 5) is 38.2. The Hall–Kier alpha value is -4.60. The Morgan fingerprint density at radius 1 is 0.827 bits per heavy atom. The van der Waals surface area contributed by atoms with Gasteiger partial charge in [0.2, 0.25) is 5.91 Å². The van der Waals surface area contributed by atoms with Crippen molar-refractivity contribution in [3.05, 3.63) is 102 Å². The van der Waals surface area contributed by atoms with Crippen LogP contribution in [0, 0.1) is 5.92 Å². The van der Waals surface area contributed by atoms with Crippen molar-refractivity contribution in [1.29, 1.82) is 0 Å². The number of likely N-dealkylation sites (tertiary alicyclic amines) is 1. The Balaban J connectivity index is 1.23. The highest BCUT2D eigenvalue weighted by Gasteiger charge is 2.31. The number of rotatable bonds is 15. The number of amides is 2. The van der Waals surface area contributed by atoms with Crippen LogP contribution < -0.4 is 10.1 Å². The molecule has 4 aromatic rings. The monoisotopic (exact) mass is 706 g/mol. The second-order valence-corrected chi connectivity index (χ2v) is 14.9. The lowest BCUT2D eigenvalue weighted by Crippen LogP contribution is -2.52. The van der Waals surface area contributed by atoms with E-state index in [9.17, 15) is 19.8 Å². The van der Waals surface area contributed by atoms with E-state index in [0.29, 0.717) is 43.7 Å². The molecule has 2 amide bonds. The first-order valence-corrected chi connectivity index (χ1v) is 18.7. The molecule has 1 aliphatic heterocycles. The average Bonchev–Trinajstić information content (AvgIpc) is 3.16. The minimum atomic E-state index is -1.40. The second kappa shape index (κ2) is 18.2. The van der Waals surface area contributed by atoms with Crippen molar-refractivity contribution in [2.24, 2.45) is 5.92 Å². The SMILES string of the molecule is CCCCCCCOc1ccc(-c2cnc(-c3ccc(C[C@H](NC(=O)c4ccc(C(C)(C)C)cc4)C(=O)N4CCC(C(O)O)CC4)cc3)nc2)cc1. The van der Waals surface area contributed by atoms with Crippen molar-refractivity contribution in [2.45, 2.75) is 96.8 Å². The standard InChI is InChI=1S/C43H54N4O5/c1-5-6-7-8-9-26-52-37-20-16-31(17-21-37)35-28-44-39(45-29-35)32-12-10-30(11-13-32)27-38(41(49)47-24-22-34(23-25-47)42(50)51)46-40(48)33-14-18-36(19-15-33)43(2,3)4/h10-21,28-29,34,38,42,50-51H,5-9,22-27H2,1-4H3,(H,46,48)/t38-/m0/s1. The van der Waals surface area contributed by atoms with Crippen LogP contribution >= 0.6 is 0 Å². The number of unbranched alkanes of at least 4 members (excludes halogenated alkanes) is 4. The number of hydrogen-bond donors (Lipinski definition) is 3. The molecular weight excluding hydrogens is 652 g/mol. The summed E-state index contributed by atoms with van der Waals surface area (Å²) in [5.74, 6) is 0.686. The van der Waals surface area contributed by atoms with E-state index in [1.807, 2.05) is 73.1 Å². The number of ether oxygens (including phenoxy) is 1. The van der Waals surface area contributed by atoms with E-state index in [0.717, 1.165) is 46.6 Å². The van der Waals surface area contributed by atoms with E-state index in [-0.39, 0.29) is 23.1 Å². The summed E-state index contributed by atoms with van der Waals surface area (Å²) in [6.45, 7) is 10.1. The van der Waals surface area contributed by atoms with Crippen LogP contribution in [0.25, 0.3) is 22.5 Å². The van der Waals surface area contributed by atoms with Crippen LogP contribution in [0.15, 0.2) is 85.2 Å². The van der Waals surface area contributed by atoms with Crippen LogP contribution in [0.4, 0.5) is 0 Å². The quantitative estimate of drug-likeness (QED) is 0.0873. The first-order valence-electron chi connectivity index (χ1n) is 18.7. The highest BCUT2D eigenvalue weighted by atomic mass is 16.5. The van der Waals surface area contributed by atoms with Crippen LogP contribution in [0.2, 0.25) is 0 Å². The van der Waals surface area contributed by atoms with Crippen LogP contribution in [-0.2, 0) is 16.6 Å². The zero-order valence-electron chi connectivity index (χ0n) is 31.1. The molecule has 1 saturated heterocycles. The molecule has 0 radical (unpaired) electrons. The molecule has 2 heterocycles. The molecule has 0 saturated carbocycles. The summed E-state index contributed by atoms with van der Waals surface area (Å²) < 4.78 is 5.91. The third-order valence-corrected chi connectivity index (χ3v) is 9.90. The summed E-state index contributed by atoms with van der Waals surface area (Å²) in [6.07, 6.45) is 9.55. The lowest BCUT2D eigenvalue weighted by Gasteiger charge is -2.35. The zero-order chi connectivity index (χ0) is 37.1. The molecule has 1 aliphatic rings. The van der Waals surface area contributed by atoms with Crippen molar-refractivity contribution >= 4 is 11.8 Å². The number of piperidine rings is 1.